The molecule has 0 aliphatic rings. The van der Waals surface area contributed by atoms with Gasteiger partial charge in [-0.05, 0) is 0 Å². The van der Waals surface area contributed by atoms with E-state index in [2.05, 4.69) is 28.2 Å². The molecule has 0 atom stereocenters. The van der Waals surface area contributed by atoms with Crippen molar-refractivity contribution in [3.63, 3.8) is 0 Å². The quantitative estimate of drug-likeness (QED) is 0.326. The summed E-state index contributed by atoms with van der Waals surface area (Å²) in [4.78, 5) is 0. The first-order valence-electron chi connectivity index (χ1n) is 6.73. The molecule has 0 amide bonds. The molecule has 7 heteroatoms. The molecule has 0 spiro atoms. The minimum absolute atomic E-state index is 0.649. The van der Waals surface area contributed by atoms with Crippen LogP contribution in [0.5, 0.6) is 0 Å². The van der Waals surface area contributed by atoms with Crippen LogP contribution < -0.4 is 0 Å². The van der Waals surface area contributed by atoms with Crippen molar-refractivity contribution in [2.45, 2.75) is 27.7 Å². The second kappa shape index (κ2) is 7.32. The predicted octanol–water partition coefficient (Wildman–Crippen LogP) is 2.33. The van der Waals surface area contributed by atoms with Crippen molar-refractivity contribution in [3.05, 3.63) is 0 Å². The molecule has 0 aromatic rings. The third-order valence-electron chi connectivity index (χ3n) is 3.50. The number of hydrogen-bond acceptors (Lipinski definition) is 4. The van der Waals surface area contributed by atoms with E-state index in [1.165, 1.54) is 0 Å². The van der Waals surface area contributed by atoms with E-state index in [9.17, 15) is 13.0 Å². The van der Waals surface area contributed by atoms with Crippen LogP contribution in [0.1, 0.15) is 27.7 Å². The van der Waals surface area contributed by atoms with E-state index < -0.39 is 17.2 Å². The first-order chi connectivity index (χ1) is 8.26. The number of nitrogens with zero attached hydrogens (tertiary/aromatic N) is 1. The van der Waals surface area contributed by atoms with Gasteiger partial charge in [0.05, 0.1) is 28.2 Å². The molecule has 0 aromatic carbocycles. The molecule has 5 nitrogen and oxygen atoms in total. The van der Waals surface area contributed by atoms with Gasteiger partial charge < -0.3 is 4.48 Å². The van der Waals surface area contributed by atoms with Gasteiger partial charge in [0.15, 0.2) is 0 Å². The Kier molecular flexibility index (Phi) is 8.31. The Labute approximate surface area is 119 Å². The molecular formula is C12H32NO4PS. The van der Waals surface area contributed by atoms with Crippen LogP contribution in [0.4, 0.5) is 0 Å². The third-order valence-corrected chi connectivity index (χ3v) is 12.3. The molecular weight excluding hydrogens is 285 g/mol. The fourth-order valence-corrected chi connectivity index (χ4v) is 8.25. The van der Waals surface area contributed by atoms with E-state index >= 15 is 0 Å². The van der Waals surface area contributed by atoms with Crippen LogP contribution in [-0.4, -0.2) is 70.3 Å². The van der Waals surface area contributed by atoms with Crippen LogP contribution in [0, 0.1) is 0 Å². The second-order valence-corrected chi connectivity index (χ2v) is 13.9. The average molecular weight is 317 g/mol. The molecule has 0 N–H and O–H groups in total. The van der Waals surface area contributed by atoms with Gasteiger partial charge in [-0.25, -0.2) is 0 Å². The number of quaternary nitrogens is 1. The van der Waals surface area contributed by atoms with Crippen LogP contribution >= 0.6 is 6.83 Å². The second-order valence-electron chi connectivity index (χ2n) is 6.29. The van der Waals surface area contributed by atoms with E-state index in [1.807, 2.05) is 27.7 Å². The summed E-state index contributed by atoms with van der Waals surface area (Å²) in [5.41, 5.74) is 0. The summed E-state index contributed by atoms with van der Waals surface area (Å²) in [6.07, 6.45) is 2.60. The van der Waals surface area contributed by atoms with Crippen molar-refractivity contribution in [1.29, 1.82) is 0 Å². The van der Waals surface area contributed by atoms with Gasteiger partial charge in [0.25, 0.3) is 0 Å². The molecule has 0 bridgehead atoms. The Hall–Kier alpha value is 0.260. The molecule has 0 aromatic heterocycles. The fourth-order valence-electron chi connectivity index (χ4n) is 1.81. The molecule has 0 saturated carbocycles. The first-order valence-corrected chi connectivity index (χ1v) is 11.0. The zero-order chi connectivity index (χ0) is 16.0. The Morgan fingerprint density at radius 3 is 1.16 bits per heavy atom. The maximum absolute atomic E-state index is 10.7. The van der Waals surface area contributed by atoms with Crippen LogP contribution in [0.2, 0.25) is 0 Å². The molecule has 0 saturated heterocycles. The van der Waals surface area contributed by atoms with Crippen molar-refractivity contribution in [3.8, 4) is 0 Å². The minimum Gasteiger partial charge on any atom is -0.333 e. The van der Waals surface area contributed by atoms with Crippen LogP contribution in [0.3, 0.4) is 0 Å². The fraction of sp³-hybridized carbons (Fsp3) is 1.00. The SMILES string of the molecule is CCP(CC)(CC)(CC)OS(=O)(=O)[O-].C[N+](C)(C)C. The summed E-state index contributed by atoms with van der Waals surface area (Å²) >= 11 is 0. The van der Waals surface area contributed by atoms with Gasteiger partial charge in [-0.1, -0.05) is 0 Å². The molecule has 0 rings (SSSR count). The summed E-state index contributed by atoms with van der Waals surface area (Å²) in [5.74, 6) is 0. The zero-order valence-corrected chi connectivity index (χ0v) is 15.5. The van der Waals surface area contributed by atoms with E-state index in [0.29, 0.717) is 24.6 Å². The van der Waals surface area contributed by atoms with E-state index in [1.54, 1.807) is 0 Å². The van der Waals surface area contributed by atoms with Crippen molar-refractivity contribution < 1.29 is 21.4 Å². The Morgan fingerprint density at radius 1 is 0.895 bits per heavy atom. The Bertz CT molecular complexity index is 329. The van der Waals surface area contributed by atoms with Gasteiger partial charge in [-0.3, -0.25) is 0 Å². The van der Waals surface area contributed by atoms with Gasteiger partial charge in [0, 0.05) is 0 Å². The summed E-state index contributed by atoms with van der Waals surface area (Å²) in [5, 5.41) is 0. The van der Waals surface area contributed by atoms with Crippen molar-refractivity contribution >= 4 is 17.2 Å². The largest absolute Gasteiger partial charge is 0.333 e. The van der Waals surface area contributed by atoms with Gasteiger partial charge in [-0.15, -0.1) is 0 Å². The van der Waals surface area contributed by atoms with Crippen molar-refractivity contribution in [2.75, 3.05) is 52.8 Å². The normalized spacial score (nSPS) is 15.1. The first kappa shape index (κ1) is 21.6. The van der Waals surface area contributed by atoms with Gasteiger partial charge >= 0.3 is 86.5 Å². The molecule has 0 aliphatic carbocycles. The molecule has 0 unspecified atom stereocenters. The maximum Gasteiger partial charge on any atom is 0.0675 e. The molecule has 0 radical (unpaired) electrons. The Morgan fingerprint density at radius 2 is 1.11 bits per heavy atom. The zero-order valence-electron chi connectivity index (χ0n) is 13.8. The van der Waals surface area contributed by atoms with Crippen LogP contribution in [0.25, 0.3) is 0 Å². The standard InChI is InChI=1S/C8H21O4PS.C4H12N/c1-5-13(6-2,7-3,8-4)12-14(9,10)11;1-5(2,3)4/h5-8H2,1-4H3,(H,9,10,11);1-4H3/q;+1/p-1. The molecule has 0 heterocycles. The van der Waals surface area contributed by atoms with Gasteiger partial charge in [0.2, 0.25) is 0 Å². The molecule has 0 aliphatic heterocycles. The number of hydrogen-bond donors (Lipinski definition) is 0. The van der Waals surface area contributed by atoms with E-state index in [-0.39, 0.29) is 0 Å². The monoisotopic (exact) mass is 317 g/mol. The van der Waals surface area contributed by atoms with E-state index in [0.717, 1.165) is 4.48 Å². The molecule has 0 fully saturated rings. The topological polar surface area (TPSA) is 66.4 Å². The van der Waals surface area contributed by atoms with Crippen molar-refractivity contribution in [1.82, 2.24) is 0 Å². The summed E-state index contributed by atoms with van der Waals surface area (Å²) in [6.45, 7) is 4.86. The summed E-state index contributed by atoms with van der Waals surface area (Å²) in [7, 11) is 3.92. The molecule has 19 heavy (non-hydrogen) atoms. The maximum atomic E-state index is 10.7. The number of rotatable bonds is 6. The van der Waals surface area contributed by atoms with Crippen LogP contribution in [0.15, 0.2) is 0 Å². The smallest absolute Gasteiger partial charge is 0.0675 e. The van der Waals surface area contributed by atoms with Gasteiger partial charge in [0.1, 0.15) is 0 Å². The van der Waals surface area contributed by atoms with Crippen molar-refractivity contribution in [2.24, 2.45) is 0 Å². The summed E-state index contributed by atoms with van der Waals surface area (Å²) < 4.78 is 38.2. The van der Waals surface area contributed by atoms with Gasteiger partial charge in [-0.2, -0.15) is 0 Å². The van der Waals surface area contributed by atoms with E-state index in [4.69, 9.17) is 3.97 Å². The van der Waals surface area contributed by atoms with Crippen LogP contribution in [-0.2, 0) is 14.4 Å². The minimum atomic E-state index is -4.58. The third kappa shape index (κ3) is 8.92. The average Bonchev–Trinajstić information content (AvgIpc) is 2.23. The Balaban J connectivity index is 0. The predicted molar refractivity (Wildman–Crippen MR) is 83.8 cm³/mol. The summed E-state index contributed by atoms with van der Waals surface area (Å²) in [6, 6.07) is 0. The molecule has 120 valence electrons.